The molecule has 0 aliphatic carbocycles. The number of aliphatic imine (C=N–C) groups is 1. The Bertz CT molecular complexity index is 712. The maximum atomic E-state index is 10.3. The fourth-order valence-corrected chi connectivity index (χ4v) is 2.71. The Morgan fingerprint density at radius 2 is 1.77 bits per heavy atom. The summed E-state index contributed by atoms with van der Waals surface area (Å²) in [4.78, 5) is 4.29. The van der Waals surface area contributed by atoms with Crippen LogP contribution in [0, 0.1) is 0 Å². The van der Waals surface area contributed by atoms with Gasteiger partial charge in [0.25, 0.3) is 0 Å². The van der Waals surface area contributed by atoms with Gasteiger partial charge in [-0.3, -0.25) is 4.99 Å². The number of rotatable bonds is 7. The van der Waals surface area contributed by atoms with Crippen LogP contribution in [-0.4, -0.2) is 24.7 Å². The number of hydrogen-bond acceptors (Lipinski definition) is 3. The van der Waals surface area contributed by atoms with Crippen LogP contribution in [0.15, 0.2) is 47.5 Å². The van der Waals surface area contributed by atoms with Crippen LogP contribution in [0.4, 0.5) is 5.69 Å². The molecule has 0 aliphatic heterocycles. The van der Waals surface area contributed by atoms with E-state index >= 15 is 0 Å². The number of anilines is 1. The predicted octanol–water partition coefficient (Wildman–Crippen LogP) is 3.90. The zero-order chi connectivity index (χ0) is 18.2. The van der Waals surface area contributed by atoms with Crippen LogP contribution >= 0.6 is 24.0 Å². The van der Waals surface area contributed by atoms with Gasteiger partial charge in [0.15, 0.2) is 5.96 Å². The average molecular weight is 469 g/mol. The number of benzene rings is 2. The molecule has 5 nitrogen and oxygen atoms in total. The van der Waals surface area contributed by atoms with E-state index in [1.54, 1.807) is 13.2 Å². The summed E-state index contributed by atoms with van der Waals surface area (Å²) >= 11 is 0. The van der Waals surface area contributed by atoms with Crippen LogP contribution in [-0.2, 0) is 12.8 Å². The van der Waals surface area contributed by atoms with Crippen molar-refractivity contribution in [2.75, 3.05) is 19.0 Å². The number of para-hydroxylation sites is 1. The Balaban J connectivity index is 0.00000338. The van der Waals surface area contributed by atoms with Crippen LogP contribution in [0.2, 0.25) is 0 Å². The molecule has 1 unspecified atom stereocenters. The van der Waals surface area contributed by atoms with E-state index in [1.165, 1.54) is 11.1 Å². The highest BCUT2D eigenvalue weighted by Gasteiger charge is 2.10. The Morgan fingerprint density at radius 3 is 2.35 bits per heavy atom. The number of aliphatic hydroxyl groups excluding tert-OH is 1. The number of nitrogens with two attached hydrogens (primary N) is 1. The van der Waals surface area contributed by atoms with Gasteiger partial charge in [-0.25, -0.2) is 0 Å². The zero-order valence-electron chi connectivity index (χ0n) is 15.5. The van der Waals surface area contributed by atoms with Gasteiger partial charge in [0.05, 0.1) is 19.8 Å². The first-order valence-electron chi connectivity index (χ1n) is 8.58. The summed E-state index contributed by atoms with van der Waals surface area (Å²) in [6.45, 7) is 4.40. The predicted molar refractivity (Wildman–Crippen MR) is 119 cm³/mol. The van der Waals surface area contributed by atoms with Gasteiger partial charge < -0.3 is 20.9 Å². The maximum Gasteiger partial charge on any atom is 0.193 e. The quantitative estimate of drug-likeness (QED) is 0.327. The van der Waals surface area contributed by atoms with Crippen molar-refractivity contribution in [2.45, 2.75) is 32.8 Å². The van der Waals surface area contributed by atoms with E-state index in [2.05, 4.69) is 42.4 Å². The van der Waals surface area contributed by atoms with Crippen molar-refractivity contribution in [1.29, 1.82) is 0 Å². The van der Waals surface area contributed by atoms with Crippen LogP contribution in [0.1, 0.15) is 36.6 Å². The summed E-state index contributed by atoms with van der Waals surface area (Å²) in [5.41, 5.74) is 10.2. The second-order valence-electron chi connectivity index (χ2n) is 5.80. The van der Waals surface area contributed by atoms with Crippen LogP contribution in [0.3, 0.4) is 0 Å². The number of guanidine groups is 1. The topological polar surface area (TPSA) is 79.9 Å². The lowest BCUT2D eigenvalue weighted by molar-refractivity contribution is 0.187. The molecule has 0 amide bonds. The molecule has 4 N–H and O–H groups in total. The Kier molecular flexibility index (Phi) is 9.43. The highest BCUT2D eigenvalue weighted by molar-refractivity contribution is 14.0. The second-order valence-corrected chi connectivity index (χ2v) is 5.80. The summed E-state index contributed by atoms with van der Waals surface area (Å²) in [6, 6.07) is 13.5. The van der Waals surface area contributed by atoms with Gasteiger partial charge in [0.1, 0.15) is 5.75 Å². The molecule has 0 heterocycles. The zero-order valence-corrected chi connectivity index (χ0v) is 17.9. The van der Waals surface area contributed by atoms with Gasteiger partial charge in [-0.2, -0.15) is 0 Å². The van der Waals surface area contributed by atoms with Gasteiger partial charge in [-0.1, -0.05) is 44.2 Å². The minimum absolute atomic E-state index is 0. The third kappa shape index (κ3) is 5.88. The minimum atomic E-state index is -0.734. The van der Waals surface area contributed by atoms with E-state index in [0.717, 1.165) is 24.1 Å². The van der Waals surface area contributed by atoms with E-state index < -0.39 is 6.10 Å². The molecule has 1 atom stereocenters. The van der Waals surface area contributed by atoms with Crippen molar-refractivity contribution >= 4 is 35.6 Å². The molecule has 0 aliphatic rings. The van der Waals surface area contributed by atoms with Crippen molar-refractivity contribution in [1.82, 2.24) is 0 Å². The summed E-state index contributed by atoms with van der Waals surface area (Å²) in [7, 11) is 1.60. The molecule has 0 spiro atoms. The number of ether oxygens (including phenoxy) is 1. The van der Waals surface area contributed by atoms with Gasteiger partial charge in [0.2, 0.25) is 0 Å². The molecule has 2 aromatic carbocycles. The summed E-state index contributed by atoms with van der Waals surface area (Å²) < 4.78 is 5.18. The lowest BCUT2D eigenvalue weighted by atomic mass is 10.0. The smallest absolute Gasteiger partial charge is 0.193 e. The van der Waals surface area contributed by atoms with E-state index in [0.29, 0.717) is 11.7 Å². The monoisotopic (exact) mass is 469 g/mol. The van der Waals surface area contributed by atoms with E-state index in [9.17, 15) is 5.11 Å². The molecular weight excluding hydrogens is 441 g/mol. The van der Waals surface area contributed by atoms with Crippen molar-refractivity contribution in [3.63, 3.8) is 0 Å². The van der Waals surface area contributed by atoms with Gasteiger partial charge in [0, 0.05) is 5.69 Å². The molecule has 2 rings (SSSR count). The molecule has 0 bridgehead atoms. The number of aliphatic hydroxyl groups is 1. The van der Waals surface area contributed by atoms with Crippen molar-refractivity contribution < 1.29 is 9.84 Å². The fourth-order valence-electron chi connectivity index (χ4n) is 2.71. The van der Waals surface area contributed by atoms with Crippen molar-refractivity contribution in [2.24, 2.45) is 10.7 Å². The summed E-state index contributed by atoms with van der Waals surface area (Å²) in [5.74, 6) is 1.01. The van der Waals surface area contributed by atoms with Crippen LogP contribution in [0.25, 0.3) is 0 Å². The largest absolute Gasteiger partial charge is 0.497 e. The normalized spacial score (nSPS) is 12.2. The Hall–Kier alpha value is -1.80. The number of hydrogen-bond donors (Lipinski definition) is 3. The molecule has 6 heteroatoms. The first-order valence-corrected chi connectivity index (χ1v) is 8.58. The number of aryl methyl sites for hydroxylation is 2. The van der Waals surface area contributed by atoms with Crippen molar-refractivity contribution in [3.05, 3.63) is 59.2 Å². The average Bonchev–Trinajstić information content (AvgIpc) is 2.66. The highest BCUT2D eigenvalue weighted by atomic mass is 127. The first kappa shape index (κ1) is 22.2. The number of nitrogens with zero attached hydrogens (tertiary/aromatic N) is 1. The first-order chi connectivity index (χ1) is 12.1. The molecule has 142 valence electrons. The van der Waals surface area contributed by atoms with Crippen molar-refractivity contribution in [3.8, 4) is 5.75 Å². The molecular formula is C20H28IN3O2. The summed E-state index contributed by atoms with van der Waals surface area (Å²) in [5, 5.41) is 13.5. The maximum absolute atomic E-state index is 10.3. The lowest BCUT2D eigenvalue weighted by Crippen LogP contribution is -2.25. The van der Waals surface area contributed by atoms with E-state index in [1.807, 2.05) is 18.2 Å². The standard InChI is InChI=1S/C20H27N3O2.HI/c1-4-14-8-6-9-15(5-2)19(14)23-20(21)22-13-18(24)16-10-7-11-17(12-16)25-3;/h6-12,18,24H,4-5,13H2,1-3H3,(H3,21,22,23);1H. The van der Waals surface area contributed by atoms with Gasteiger partial charge >= 0.3 is 0 Å². The Morgan fingerprint density at radius 1 is 1.15 bits per heavy atom. The van der Waals surface area contributed by atoms with Gasteiger partial charge in [-0.15, -0.1) is 24.0 Å². The number of halogens is 1. The molecule has 0 fully saturated rings. The third-order valence-electron chi connectivity index (χ3n) is 4.17. The fraction of sp³-hybridized carbons (Fsp3) is 0.350. The molecule has 0 radical (unpaired) electrons. The highest BCUT2D eigenvalue weighted by Crippen LogP contribution is 2.23. The molecule has 0 aromatic heterocycles. The molecule has 0 saturated heterocycles. The van der Waals surface area contributed by atoms with Crippen LogP contribution < -0.4 is 15.8 Å². The minimum Gasteiger partial charge on any atom is -0.497 e. The van der Waals surface area contributed by atoms with E-state index in [-0.39, 0.29) is 30.5 Å². The number of methoxy groups -OCH3 is 1. The Labute approximate surface area is 172 Å². The van der Waals surface area contributed by atoms with Gasteiger partial charge in [-0.05, 0) is 41.7 Å². The lowest BCUT2D eigenvalue weighted by Gasteiger charge is -2.15. The van der Waals surface area contributed by atoms with Crippen LogP contribution in [0.5, 0.6) is 5.75 Å². The molecule has 0 saturated carbocycles. The van der Waals surface area contributed by atoms with E-state index in [4.69, 9.17) is 10.5 Å². The third-order valence-corrected chi connectivity index (χ3v) is 4.17. The molecule has 2 aromatic rings. The summed E-state index contributed by atoms with van der Waals surface area (Å²) in [6.07, 6.45) is 1.09. The molecule has 26 heavy (non-hydrogen) atoms. The number of nitrogens with one attached hydrogen (secondary N) is 1. The SMILES string of the molecule is CCc1cccc(CC)c1NC(N)=NCC(O)c1cccc(OC)c1.I. The second kappa shape index (κ2) is 11.0.